The number of hydrogen-bond acceptors (Lipinski definition) is 5. The van der Waals surface area contributed by atoms with E-state index in [0.29, 0.717) is 0 Å². The van der Waals surface area contributed by atoms with Crippen molar-refractivity contribution in [1.29, 1.82) is 5.26 Å². The van der Waals surface area contributed by atoms with Gasteiger partial charge in [0.1, 0.15) is 16.7 Å². The fraction of sp³-hybridized carbons (Fsp3) is 0.500. The maximum atomic E-state index is 12.2. The van der Waals surface area contributed by atoms with Crippen molar-refractivity contribution in [2.24, 2.45) is 5.73 Å². The molecule has 102 valence electrons. The Labute approximate surface area is 112 Å². The van der Waals surface area contributed by atoms with Gasteiger partial charge in [-0.3, -0.25) is 0 Å². The number of nitrogens with two attached hydrogens (primary N) is 1. The summed E-state index contributed by atoms with van der Waals surface area (Å²) in [5.41, 5.74) is 6.11. The van der Waals surface area contributed by atoms with Crippen molar-refractivity contribution in [2.45, 2.75) is 42.7 Å². The highest BCUT2D eigenvalue weighted by molar-refractivity contribution is 7.89. The van der Waals surface area contributed by atoms with E-state index in [2.05, 4.69) is 9.71 Å². The van der Waals surface area contributed by atoms with E-state index in [0.717, 1.165) is 25.7 Å². The van der Waals surface area contributed by atoms with Crippen LogP contribution in [-0.2, 0) is 10.0 Å². The van der Waals surface area contributed by atoms with Gasteiger partial charge < -0.3 is 5.73 Å². The second kappa shape index (κ2) is 5.65. The molecule has 1 saturated carbocycles. The van der Waals surface area contributed by atoms with Crippen LogP contribution in [0.4, 0.5) is 0 Å². The van der Waals surface area contributed by atoms with Crippen molar-refractivity contribution in [1.82, 2.24) is 9.71 Å². The second-order valence-corrected chi connectivity index (χ2v) is 6.38. The third-order valence-corrected chi connectivity index (χ3v) is 4.76. The van der Waals surface area contributed by atoms with Gasteiger partial charge in [-0.05, 0) is 25.0 Å². The highest BCUT2D eigenvalue weighted by Gasteiger charge is 2.27. The Morgan fingerprint density at radius 3 is 2.68 bits per heavy atom. The summed E-state index contributed by atoms with van der Waals surface area (Å²) >= 11 is 0. The molecule has 1 aromatic rings. The van der Waals surface area contributed by atoms with Gasteiger partial charge in [-0.2, -0.15) is 5.26 Å². The number of nitriles is 1. The second-order valence-electron chi connectivity index (χ2n) is 4.67. The maximum Gasteiger partial charge on any atom is 0.242 e. The van der Waals surface area contributed by atoms with Crippen LogP contribution in [0.25, 0.3) is 0 Å². The average Bonchev–Trinajstić information content (AvgIpc) is 2.41. The van der Waals surface area contributed by atoms with E-state index in [9.17, 15) is 8.42 Å². The van der Waals surface area contributed by atoms with E-state index < -0.39 is 10.0 Å². The Morgan fingerprint density at radius 1 is 1.37 bits per heavy atom. The first kappa shape index (κ1) is 13.9. The average molecular weight is 280 g/mol. The van der Waals surface area contributed by atoms with E-state index in [1.165, 1.54) is 18.3 Å². The molecule has 0 radical (unpaired) electrons. The first-order valence-electron chi connectivity index (χ1n) is 6.17. The summed E-state index contributed by atoms with van der Waals surface area (Å²) < 4.78 is 26.9. The Morgan fingerprint density at radius 2 is 2.11 bits per heavy atom. The fourth-order valence-electron chi connectivity index (χ4n) is 2.18. The summed E-state index contributed by atoms with van der Waals surface area (Å²) in [7, 11) is -3.62. The van der Waals surface area contributed by atoms with Crippen LogP contribution in [0.3, 0.4) is 0 Å². The molecular weight excluding hydrogens is 264 g/mol. The molecule has 1 aromatic heterocycles. The van der Waals surface area contributed by atoms with E-state index >= 15 is 0 Å². The largest absolute Gasteiger partial charge is 0.326 e. The molecule has 0 aromatic carbocycles. The van der Waals surface area contributed by atoms with Crippen LogP contribution < -0.4 is 10.5 Å². The lowest BCUT2D eigenvalue weighted by atomic mass is 9.92. The molecule has 0 unspecified atom stereocenters. The molecule has 1 fully saturated rings. The lowest BCUT2D eigenvalue weighted by Crippen LogP contribution is -2.49. The predicted octanol–water partition coefficient (Wildman–Crippen LogP) is 0.501. The molecule has 7 heteroatoms. The van der Waals surface area contributed by atoms with Gasteiger partial charge >= 0.3 is 0 Å². The smallest absolute Gasteiger partial charge is 0.242 e. The summed E-state index contributed by atoms with van der Waals surface area (Å²) in [4.78, 5) is 3.82. The van der Waals surface area contributed by atoms with Gasteiger partial charge in [-0.1, -0.05) is 12.8 Å². The summed E-state index contributed by atoms with van der Waals surface area (Å²) in [5, 5.41) is 8.63. The topological polar surface area (TPSA) is 109 Å². The zero-order valence-corrected chi connectivity index (χ0v) is 11.2. The standard InChI is InChI=1S/C12H16N4O2S/c13-7-9-5-6-10(8-15-9)19(17,18)16-12-4-2-1-3-11(12)14/h5-6,8,11-12,16H,1-4,14H2/t11-,12-/m1/s1. The van der Waals surface area contributed by atoms with Gasteiger partial charge in [0.25, 0.3) is 0 Å². The molecule has 2 rings (SSSR count). The molecule has 0 saturated heterocycles. The van der Waals surface area contributed by atoms with E-state index in [1.807, 2.05) is 6.07 Å². The third kappa shape index (κ3) is 3.29. The van der Waals surface area contributed by atoms with Crippen molar-refractivity contribution in [3.8, 4) is 6.07 Å². The van der Waals surface area contributed by atoms with Gasteiger partial charge in [0.2, 0.25) is 10.0 Å². The lowest BCUT2D eigenvalue weighted by molar-refractivity contribution is 0.361. The number of rotatable bonds is 3. The normalized spacial score (nSPS) is 23.8. The summed E-state index contributed by atoms with van der Waals surface area (Å²) in [6.45, 7) is 0. The van der Waals surface area contributed by atoms with E-state index in [4.69, 9.17) is 11.0 Å². The third-order valence-electron chi connectivity index (χ3n) is 3.29. The zero-order chi connectivity index (χ0) is 13.9. The minimum absolute atomic E-state index is 0.0595. The number of hydrogen-bond donors (Lipinski definition) is 2. The SMILES string of the molecule is N#Cc1ccc(S(=O)(=O)N[C@@H]2CCCC[C@H]2N)cn1. The molecule has 1 heterocycles. The molecule has 2 atom stereocenters. The molecule has 1 aliphatic carbocycles. The zero-order valence-electron chi connectivity index (χ0n) is 10.4. The summed E-state index contributed by atoms with van der Waals surface area (Å²) in [6, 6.07) is 4.24. The Kier molecular flexibility index (Phi) is 4.14. The van der Waals surface area contributed by atoms with Gasteiger partial charge in [-0.15, -0.1) is 0 Å². The van der Waals surface area contributed by atoms with Gasteiger partial charge in [0.05, 0.1) is 0 Å². The number of sulfonamides is 1. The summed E-state index contributed by atoms with van der Waals surface area (Å²) in [6.07, 6.45) is 4.79. The quantitative estimate of drug-likeness (QED) is 0.838. The molecule has 6 nitrogen and oxygen atoms in total. The van der Waals surface area contributed by atoms with Crippen LogP contribution in [0.1, 0.15) is 31.4 Å². The molecule has 0 amide bonds. The molecule has 0 spiro atoms. The van der Waals surface area contributed by atoms with Gasteiger partial charge in [0.15, 0.2) is 0 Å². The predicted molar refractivity (Wildman–Crippen MR) is 69.5 cm³/mol. The van der Waals surface area contributed by atoms with Crippen LogP contribution in [0.5, 0.6) is 0 Å². The van der Waals surface area contributed by atoms with Crippen LogP contribution >= 0.6 is 0 Å². The van der Waals surface area contributed by atoms with E-state index in [1.54, 1.807) is 0 Å². The Bertz CT molecular complexity index is 577. The lowest BCUT2D eigenvalue weighted by Gasteiger charge is -2.28. The van der Waals surface area contributed by atoms with Crippen LogP contribution in [0.15, 0.2) is 23.2 Å². The highest BCUT2D eigenvalue weighted by atomic mass is 32.2. The Balaban J connectivity index is 2.15. The molecule has 3 N–H and O–H groups in total. The number of pyridine rings is 1. The summed E-state index contributed by atoms with van der Waals surface area (Å²) in [5.74, 6) is 0. The minimum atomic E-state index is -3.62. The highest BCUT2D eigenvalue weighted by Crippen LogP contribution is 2.19. The van der Waals surface area contributed by atoms with Crippen LogP contribution in [0.2, 0.25) is 0 Å². The van der Waals surface area contributed by atoms with Crippen molar-refractivity contribution >= 4 is 10.0 Å². The van der Waals surface area contributed by atoms with E-state index in [-0.39, 0.29) is 22.7 Å². The molecule has 1 aliphatic rings. The maximum absolute atomic E-state index is 12.2. The molecule has 0 bridgehead atoms. The van der Waals surface area contributed by atoms with Crippen molar-refractivity contribution in [2.75, 3.05) is 0 Å². The molecule has 0 aliphatic heterocycles. The van der Waals surface area contributed by atoms with Crippen molar-refractivity contribution in [3.05, 3.63) is 24.0 Å². The monoisotopic (exact) mass is 280 g/mol. The first-order valence-corrected chi connectivity index (χ1v) is 7.65. The number of nitrogens with zero attached hydrogens (tertiary/aromatic N) is 2. The van der Waals surface area contributed by atoms with Gasteiger partial charge in [0, 0.05) is 18.3 Å². The number of nitrogens with one attached hydrogen (secondary N) is 1. The van der Waals surface area contributed by atoms with Crippen LogP contribution in [-0.4, -0.2) is 25.5 Å². The minimum Gasteiger partial charge on any atom is -0.326 e. The van der Waals surface area contributed by atoms with Gasteiger partial charge in [-0.25, -0.2) is 18.1 Å². The number of aromatic nitrogens is 1. The van der Waals surface area contributed by atoms with Crippen LogP contribution in [0, 0.1) is 11.3 Å². The van der Waals surface area contributed by atoms with Crippen molar-refractivity contribution in [3.63, 3.8) is 0 Å². The molecular formula is C12H16N4O2S. The molecule has 19 heavy (non-hydrogen) atoms. The Hall–Kier alpha value is -1.49. The fourth-order valence-corrected chi connectivity index (χ4v) is 3.44. The first-order chi connectivity index (χ1) is 9.03. The van der Waals surface area contributed by atoms with Crippen molar-refractivity contribution < 1.29 is 8.42 Å².